The molecule has 168 valence electrons. The summed E-state index contributed by atoms with van der Waals surface area (Å²) < 4.78 is 51.4. The summed E-state index contributed by atoms with van der Waals surface area (Å²) in [7, 11) is 0. The number of carbonyl (C=O) groups is 3. The zero-order valence-electron chi connectivity index (χ0n) is 17.4. The number of anilines is 1. The van der Waals surface area contributed by atoms with E-state index >= 15 is 0 Å². The number of fused-ring (bicyclic) bond motifs is 5. The van der Waals surface area contributed by atoms with Gasteiger partial charge in [-0.3, -0.25) is 9.59 Å². The van der Waals surface area contributed by atoms with E-state index in [1.165, 1.54) is 19.1 Å². The normalized spacial score (nSPS) is 30.9. The van der Waals surface area contributed by atoms with E-state index in [1.54, 1.807) is 6.92 Å². The molecule has 10 heteroatoms. The van der Waals surface area contributed by atoms with Gasteiger partial charge in [-0.15, -0.1) is 0 Å². The highest BCUT2D eigenvalue weighted by Crippen LogP contribution is 2.60. The standard InChI is InChI=1S/C22H19F3N2O5/c1-4-7-31-19(30)14-9-20(2)15-16(21(14,3)32-20)18(29)27(17(15)28)12-6-5-11(10-26)13(8-12)22(23,24)25/h5-6,8-9,15-16H,4,7H2,1-3H3/t15-,16+,20?,21?/m1/s1. The van der Waals surface area contributed by atoms with Crippen molar-refractivity contribution in [2.45, 2.75) is 44.6 Å². The molecule has 7 nitrogen and oxygen atoms in total. The molecule has 0 aliphatic carbocycles. The molecule has 2 amide bonds. The first kappa shape index (κ1) is 22.0. The lowest BCUT2D eigenvalue weighted by atomic mass is 9.69. The molecule has 1 aromatic rings. The molecular weight excluding hydrogens is 429 g/mol. The average Bonchev–Trinajstić information content (AvgIpc) is 3.25. The molecule has 2 fully saturated rings. The van der Waals surface area contributed by atoms with Crippen molar-refractivity contribution in [3.8, 4) is 6.07 Å². The fourth-order valence-electron chi connectivity index (χ4n) is 4.95. The van der Waals surface area contributed by atoms with Crippen LogP contribution in [0.1, 0.15) is 38.3 Å². The van der Waals surface area contributed by atoms with Crippen LogP contribution in [-0.4, -0.2) is 35.6 Å². The number of hydrogen-bond donors (Lipinski definition) is 0. The highest BCUT2D eigenvalue weighted by Gasteiger charge is 2.74. The third-order valence-electron chi connectivity index (χ3n) is 6.26. The van der Waals surface area contributed by atoms with Crippen molar-refractivity contribution < 1.29 is 37.0 Å². The van der Waals surface area contributed by atoms with Crippen LogP contribution in [0.2, 0.25) is 0 Å². The Morgan fingerprint density at radius 3 is 2.50 bits per heavy atom. The van der Waals surface area contributed by atoms with Crippen molar-refractivity contribution in [2.75, 3.05) is 11.5 Å². The van der Waals surface area contributed by atoms with Crippen molar-refractivity contribution in [3.63, 3.8) is 0 Å². The molecule has 3 heterocycles. The number of nitriles is 1. The lowest BCUT2D eigenvalue weighted by Gasteiger charge is -2.28. The third kappa shape index (κ3) is 2.88. The minimum Gasteiger partial charge on any atom is -0.462 e. The fraction of sp³-hybridized carbons (Fsp3) is 0.455. The van der Waals surface area contributed by atoms with Crippen LogP contribution in [0.4, 0.5) is 18.9 Å². The Morgan fingerprint density at radius 2 is 1.91 bits per heavy atom. The van der Waals surface area contributed by atoms with Crippen LogP contribution >= 0.6 is 0 Å². The summed E-state index contributed by atoms with van der Waals surface area (Å²) in [6.07, 6.45) is -2.78. The summed E-state index contributed by atoms with van der Waals surface area (Å²) in [6.45, 7) is 5.06. The molecule has 0 aromatic heterocycles. The van der Waals surface area contributed by atoms with E-state index in [-0.39, 0.29) is 17.9 Å². The second kappa shape index (κ2) is 6.90. The summed E-state index contributed by atoms with van der Waals surface area (Å²) >= 11 is 0. The second-order valence-corrected chi connectivity index (χ2v) is 8.39. The number of halogens is 3. The predicted octanol–water partition coefficient (Wildman–Crippen LogP) is 3.12. The van der Waals surface area contributed by atoms with Crippen LogP contribution in [0.15, 0.2) is 29.8 Å². The minimum atomic E-state index is -4.85. The van der Waals surface area contributed by atoms with Gasteiger partial charge in [0.15, 0.2) is 0 Å². The summed E-state index contributed by atoms with van der Waals surface area (Å²) in [5, 5.41) is 9.00. The molecule has 2 bridgehead atoms. The lowest BCUT2D eigenvalue weighted by molar-refractivity contribution is -0.142. The van der Waals surface area contributed by atoms with Gasteiger partial charge in [0.2, 0.25) is 11.8 Å². The number of rotatable bonds is 4. The van der Waals surface area contributed by atoms with Gasteiger partial charge in [-0.2, -0.15) is 18.4 Å². The number of benzene rings is 1. The van der Waals surface area contributed by atoms with Gasteiger partial charge < -0.3 is 9.47 Å². The van der Waals surface area contributed by atoms with Crippen LogP contribution in [0.3, 0.4) is 0 Å². The van der Waals surface area contributed by atoms with E-state index in [0.29, 0.717) is 17.4 Å². The van der Waals surface area contributed by atoms with Crippen LogP contribution in [-0.2, 0) is 30.0 Å². The van der Waals surface area contributed by atoms with E-state index in [4.69, 9.17) is 14.7 Å². The Kier molecular flexibility index (Phi) is 4.75. The molecule has 2 unspecified atom stereocenters. The molecule has 2 saturated heterocycles. The van der Waals surface area contributed by atoms with Crippen LogP contribution < -0.4 is 4.90 Å². The molecule has 3 aliphatic heterocycles. The van der Waals surface area contributed by atoms with Crippen LogP contribution in [0.5, 0.6) is 0 Å². The topological polar surface area (TPSA) is 96.7 Å². The summed E-state index contributed by atoms with van der Waals surface area (Å²) in [5.41, 5.74) is -4.78. The second-order valence-electron chi connectivity index (χ2n) is 8.39. The molecule has 0 radical (unpaired) electrons. The Morgan fingerprint density at radius 1 is 1.25 bits per heavy atom. The van der Waals surface area contributed by atoms with Gasteiger partial charge in [-0.05, 0) is 44.5 Å². The molecule has 4 rings (SSSR count). The van der Waals surface area contributed by atoms with E-state index in [1.807, 2.05) is 6.92 Å². The number of amides is 2. The summed E-state index contributed by atoms with van der Waals surface area (Å²) in [6, 6.07) is 4.13. The summed E-state index contributed by atoms with van der Waals surface area (Å²) in [5.74, 6) is -4.25. The first-order valence-corrected chi connectivity index (χ1v) is 9.99. The number of carbonyl (C=O) groups excluding carboxylic acids is 3. The maximum Gasteiger partial charge on any atom is 0.417 e. The molecule has 32 heavy (non-hydrogen) atoms. The lowest BCUT2D eigenvalue weighted by Crippen LogP contribution is -2.43. The van der Waals surface area contributed by atoms with Crippen LogP contribution in [0.25, 0.3) is 0 Å². The van der Waals surface area contributed by atoms with E-state index in [2.05, 4.69) is 0 Å². The number of esters is 1. The Labute approximate surface area is 181 Å². The van der Waals surface area contributed by atoms with Gasteiger partial charge in [0.25, 0.3) is 0 Å². The predicted molar refractivity (Wildman–Crippen MR) is 103 cm³/mol. The monoisotopic (exact) mass is 448 g/mol. The van der Waals surface area contributed by atoms with Crippen molar-refractivity contribution in [2.24, 2.45) is 11.8 Å². The van der Waals surface area contributed by atoms with E-state index in [9.17, 15) is 27.6 Å². The molecule has 4 atom stereocenters. The number of hydrogen-bond acceptors (Lipinski definition) is 6. The smallest absolute Gasteiger partial charge is 0.417 e. The third-order valence-corrected chi connectivity index (χ3v) is 6.26. The Balaban J connectivity index is 1.75. The van der Waals surface area contributed by atoms with Gasteiger partial charge in [-0.25, -0.2) is 9.69 Å². The fourth-order valence-corrected chi connectivity index (χ4v) is 4.95. The Bertz CT molecular complexity index is 1120. The highest BCUT2D eigenvalue weighted by molar-refractivity contribution is 6.24. The van der Waals surface area contributed by atoms with Gasteiger partial charge in [0, 0.05) is 0 Å². The number of imide groups is 1. The average molecular weight is 448 g/mol. The van der Waals surface area contributed by atoms with Gasteiger partial charge in [0.1, 0.15) is 5.60 Å². The first-order valence-electron chi connectivity index (χ1n) is 9.99. The molecule has 0 saturated carbocycles. The Hall–Kier alpha value is -3.19. The zero-order valence-corrected chi connectivity index (χ0v) is 17.4. The molecule has 1 aromatic carbocycles. The maximum atomic E-state index is 13.4. The van der Waals surface area contributed by atoms with Gasteiger partial charge in [0.05, 0.1) is 52.5 Å². The molecule has 0 N–H and O–H groups in total. The van der Waals surface area contributed by atoms with Crippen molar-refractivity contribution in [1.82, 2.24) is 0 Å². The number of nitrogens with zero attached hydrogens (tertiary/aromatic N) is 2. The van der Waals surface area contributed by atoms with Crippen molar-refractivity contribution in [1.29, 1.82) is 5.26 Å². The molecule has 0 spiro atoms. The molecule has 3 aliphatic rings. The van der Waals surface area contributed by atoms with Gasteiger partial charge >= 0.3 is 12.1 Å². The van der Waals surface area contributed by atoms with Gasteiger partial charge in [-0.1, -0.05) is 6.92 Å². The maximum absolute atomic E-state index is 13.4. The van der Waals surface area contributed by atoms with Crippen LogP contribution in [0, 0.1) is 23.2 Å². The number of ether oxygens (including phenoxy) is 2. The first-order chi connectivity index (χ1) is 14.9. The van der Waals surface area contributed by atoms with Crippen molar-refractivity contribution in [3.05, 3.63) is 41.0 Å². The summed E-state index contributed by atoms with van der Waals surface area (Å²) in [4.78, 5) is 39.8. The SMILES string of the molecule is CCCOC(=O)C1=CC2(C)OC1(C)[C@@H]1C(=O)N(c3ccc(C#N)c(C(F)(F)F)c3)C(=O)[C@@H]12. The highest BCUT2D eigenvalue weighted by atomic mass is 19.4. The van der Waals surface area contributed by atoms with E-state index < -0.39 is 58.1 Å². The van der Waals surface area contributed by atoms with E-state index in [0.717, 1.165) is 12.1 Å². The minimum absolute atomic E-state index is 0.119. The molecular formula is C22H19F3N2O5. The zero-order chi connectivity index (χ0) is 23.6. The number of alkyl halides is 3. The quantitative estimate of drug-likeness (QED) is 0.519. The largest absolute Gasteiger partial charge is 0.462 e. The van der Waals surface area contributed by atoms with Crippen molar-refractivity contribution >= 4 is 23.5 Å².